The van der Waals surface area contributed by atoms with Crippen molar-refractivity contribution in [2.75, 3.05) is 18.8 Å². The Morgan fingerprint density at radius 3 is 2.95 bits per heavy atom. The summed E-state index contributed by atoms with van der Waals surface area (Å²) >= 11 is 0. The van der Waals surface area contributed by atoms with Gasteiger partial charge in [-0.1, -0.05) is 24.3 Å². The topological polar surface area (TPSA) is 82.9 Å². The molecule has 0 bridgehead atoms. The Kier molecular flexibility index (Phi) is 4.17. The van der Waals surface area contributed by atoms with E-state index in [9.17, 15) is 0 Å². The molecular formula is C15H22N6. The second-order valence-corrected chi connectivity index (χ2v) is 5.68. The molecule has 0 saturated carbocycles. The third kappa shape index (κ3) is 3.59. The van der Waals surface area contributed by atoms with E-state index in [2.05, 4.69) is 56.6 Å². The molecule has 2 heterocycles. The number of hydrogen-bond acceptors (Lipinski definition) is 5. The molecule has 0 unspecified atom stereocenters. The summed E-state index contributed by atoms with van der Waals surface area (Å²) < 4.78 is 0. The fourth-order valence-corrected chi connectivity index (χ4v) is 2.82. The minimum Gasteiger partial charge on any atom is -0.367 e. The summed E-state index contributed by atoms with van der Waals surface area (Å²) in [5, 5.41) is 10.1. The van der Waals surface area contributed by atoms with Crippen LogP contribution in [0.15, 0.2) is 24.3 Å². The molecule has 1 aromatic carbocycles. The van der Waals surface area contributed by atoms with E-state index in [0.717, 1.165) is 31.9 Å². The van der Waals surface area contributed by atoms with Crippen molar-refractivity contribution < 1.29 is 0 Å². The van der Waals surface area contributed by atoms with Crippen molar-refractivity contribution in [2.24, 2.45) is 0 Å². The zero-order chi connectivity index (χ0) is 14.7. The molecule has 21 heavy (non-hydrogen) atoms. The third-order valence-corrected chi connectivity index (χ3v) is 3.91. The first-order chi connectivity index (χ1) is 10.2. The van der Waals surface area contributed by atoms with E-state index in [0.29, 0.717) is 18.5 Å². The number of rotatable bonds is 5. The number of fused-ring (bicyclic) bond motifs is 1. The number of benzene rings is 1. The molecule has 4 N–H and O–H groups in total. The number of nitrogen functional groups attached to an aromatic ring is 1. The minimum absolute atomic E-state index is 0.298. The molecule has 0 fully saturated rings. The highest BCUT2D eigenvalue weighted by Crippen LogP contribution is 2.18. The van der Waals surface area contributed by atoms with Crippen LogP contribution >= 0.6 is 0 Å². The summed E-state index contributed by atoms with van der Waals surface area (Å²) in [4.78, 5) is 6.59. The zero-order valence-electron chi connectivity index (χ0n) is 12.3. The third-order valence-electron chi connectivity index (χ3n) is 3.91. The molecule has 0 aliphatic carbocycles. The summed E-state index contributed by atoms with van der Waals surface area (Å²) in [5.74, 6) is 1.08. The Morgan fingerprint density at radius 2 is 2.19 bits per heavy atom. The maximum Gasteiger partial charge on any atom is 0.239 e. The minimum atomic E-state index is 0.298. The van der Waals surface area contributed by atoms with Gasteiger partial charge in [0.05, 0.1) is 6.54 Å². The van der Waals surface area contributed by atoms with Crippen LogP contribution in [0.5, 0.6) is 0 Å². The molecule has 2 aromatic rings. The van der Waals surface area contributed by atoms with Crippen LogP contribution in [0.2, 0.25) is 0 Å². The summed E-state index contributed by atoms with van der Waals surface area (Å²) in [5.41, 5.74) is 8.44. The highest BCUT2D eigenvalue weighted by atomic mass is 15.3. The molecular weight excluding hydrogens is 264 g/mol. The lowest BCUT2D eigenvalue weighted by Crippen LogP contribution is -2.41. The van der Waals surface area contributed by atoms with Crippen molar-refractivity contribution >= 4 is 5.95 Å². The molecule has 0 amide bonds. The maximum atomic E-state index is 5.49. The Hall–Kier alpha value is -1.92. The van der Waals surface area contributed by atoms with Gasteiger partial charge in [0.2, 0.25) is 5.95 Å². The first-order valence-corrected chi connectivity index (χ1v) is 7.40. The van der Waals surface area contributed by atoms with Crippen LogP contribution in [0.3, 0.4) is 0 Å². The molecule has 6 heteroatoms. The second kappa shape index (κ2) is 6.24. The molecule has 6 nitrogen and oxygen atoms in total. The fourth-order valence-electron chi connectivity index (χ4n) is 2.82. The summed E-state index contributed by atoms with van der Waals surface area (Å²) in [6.07, 6.45) is 1.14. The number of hydrogen-bond donors (Lipinski definition) is 3. The van der Waals surface area contributed by atoms with Gasteiger partial charge >= 0.3 is 0 Å². The van der Waals surface area contributed by atoms with Crippen molar-refractivity contribution in [1.82, 2.24) is 25.4 Å². The molecule has 3 rings (SSSR count). The van der Waals surface area contributed by atoms with E-state index in [1.807, 2.05) is 0 Å². The monoisotopic (exact) mass is 286 g/mol. The normalized spacial score (nSPS) is 16.6. The Bertz CT molecular complexity index is 593. The lowest BCUT2D eigenvalue weighted by Gasteiger charge is -2.31. The molecule has 0 saturated heterocycles. The second-order valence-electron chi connectivity index (χ2n) is 5.68. The highest BCUT2D eigenvalue weighted by Gasteiger charge is 2.17. The number of nitrogens with two attached hydrogens (primary N) is 1. The van der Waals surface area contributed by atoms with Gasteiger partial charge in [0, 0.05) is 25.7 Å². The molecule has 1 aliphatic rings. The van der Waals surface area contributed by atoms with Crippen molar-refractivity contribution in [1.29, 1.82) is 0 Å². The van der Waals surface area contributed by atoms with Crippen molar-refractivity contribution in [3.63, 3.8) is 0 Å². The summed E-state index contributed by atoms with van der Waals surface area (Å²) in [6, 6.07) is 9.11. The standard InChI is InChI=1S/C15H22N6/c1-11(17-8-14-18-15(16)20-19-14)9-21-7-6-12-4-2-3-5-13(12)10-21/h2-5,11,17H,6-10H2,1H3,(H3,16,18,19,20)/t11-/m0/s1. The lowest BCUT2D eigenvalue weighted by atomic mass is 10.00. The van der Waals surface area contributed by atoms with E-state index in [1.165, 1.54) is 11.1 Å². The van der Waals surface area contributed by atoms with Crippen LogP contribution in [0.25, 0.3) is 0 Å². The molecule has 1 atom stereocenters. The number of aromatic amines is 1. The zero-order valence-corrected chi connectivity index (χ0v) is 12.3. The molecule has 112 valence electrons. The number of H-pyrrole nitrogens is 1. The van der Waals surface area contributed by atoms with Gasteiger partial charge in [0.1, 0.15) is 5.82 Å². The van der Waals surface area contributed by atoms with Gasteiger partial charge in [-0.3, -0.25) is 10.00 Å². The van der Waals surface area contributed by atoms with Crippen LogP contribution in [0.1, 0.15) is 23.9 Å². The van der Waals surface area contributed by atoms with Crippen LogP contribution in [-0.4, -0.2) is 39.2 Å². The van der Waals surface area contributed by atoms with E-state index < -0.39 is 0 Å². The predicted octanol–water partition coefficient (Wildman–Crippen LogP) is 0.923. The average molecular weight is 286 g/mol. The molecule has 0 spiro atoms. The number of nitrogens with zero attached hydrogens (tertiary/aromatic N) is 3. The van der Waals surface area contributed by atoms with Gasteiger partial charge in [-0.15, -0.1) is 5.10 Å². The van der Waals surface area contributed by atoms with Crippen molar-refractivity contribution in [3.05, 3.63) is 41.2 Å². The van der Waals surface area contributed by atoms with Crippen LogP contribution < -0.4 is 11.1 Å². The maximum absolute atomic E-state index is 5.49. The SMILES string of the molecule is C[C@@H](CN1CCc2ccccc2C1)NCc1nc(N)n[nH]1. The van der Waals surface area contributed by atoms with E-state index >= 15 is 0 Å². The Morgan fingerprint density at radius 1 is 1.38 bits per heavy atom. The van der Waals surface area contributed by atoms with E-state index in [4.69, 9.17) is 5.73 Å². The Labute approximate surface area is 124 Å². The quantitative estimate of drug-likeness (QED) is 0.761. The molecule has 0 radical (unpaired) electrons. The van der Waals surface area contributed by atoms with Crippen molar-refractivity contribution in [2.45, 2.75) is 32.5 Å². The fraction of sp³-hybridized carbons (Fsp3) is 0.467. The van der Waals surface area contributed by atoms with Crippen LogP contribution in [0.4, 0.5) is 5.95 Å². The first-order valence-electron chi connectivity index (χ1n) is 7.40. The largest absolute Gasteiger partial charge is 0.367 e. The van der Waals surface area contributed by atoms with Gasteiger partial charge in [-0.2, -0.15) is 4.98 Å². The molecule has 1 aromatic heterocycles. The lowest BCUT2D eigenvalue weighted by molar-refractivity contribution is 0.228. The van der Waals surface area contributed by atoms with Gasteiger partial charge in [0.15, 0.2) is 0 Å². The van der Waals surface area contributed by atoms with Gasteiger partial charge in [0.25, 0.3) is 0 Å². The smallest absolute Gasteiger partial charge is 0.239 e. The van der Waals surface area contributed by atoms with Crippen LogP contribution in [-0.2, 0) is 19.5 Å². The first kappa shape index (κ1) is 14.0. The highest BCUT2D eigenvalue weighted by molar-refractivity contribution is 5.29. The van der Waals surface area contributed by atoms with Gasteiger partial charge < -0.3 is 11.1 Å². The predicted molar refractivity (Wildman–Crippen MR) is 82.5 cm³/mol. The van der Waals surface area contributed by atoms with Gasteiger partial charge in [-0.25, -0.2) is 0 Å². The Balaban J connectivity index is 1.48. The number of aromatic nitrogens is 3. The van der Waals surface area contributed by atoms with Gasteiger partial charge in [-0.05, 0) is 24.5 Å². The number of anilines is 1. The average Bonchev–Trinajstić information content (AvgIpc) is 2.91. The van der Waals surface area contributed by atoms with E-state index in [-0.39, 0.29) is 0 Å². The molecule has 1 aliphatic heterocycles. The van der Waals surface area contributed by atoms with E-state index in [1.54, 1.807) is 0 Å². The van der Waals surface area contributed by atoms with Crippen LogP contribution in [0, 0.1) is 0 Å². The summed E-state index contributed by atoms with van der Waals surface area (Å²) in [6.45, 7) is 6.05. The summed E-state index contributed by atoms with van der Waals surface area (Å²) in [7, 11) is 0. The van der Waals surface area contributed by atoms with Crippen molar-refractivity contribution in [3.8, 4) is 0 Å². The number of nitrogens with one attached hydrogen (secondary N) is 2.